The number of hydrazone groups is 1. The van der Waals surface area contributed by atoms with Gasteiger partial charge in [0.25, 0.3) is 0 Å². The Morgan fingerprint density at radius 1 is 0.596 bits per heavy atom. The van der Waals surface area contributed by atoms with Crippen LogP contribution in [0, 0.1) is 0 Å². The van der Waals surface area contributed by atoms with E-state index in [4.69, 9.17) is 18.9 Å². The van der Waals surface area contributed by atoms with Crippen LogP contribution in [0.5, 0.6) is 0 Å². The van der Waals surface area contributed by atoms with Gasteiger partial charge < -0.3 is 29.6 Å². The van der Waals surface area contributed by atoms with Crippen molar-refractivity contribution in [3.63, 3.8) is 0 Å². The second-order valence-corrected chi connectivity index (χ2v) is 14.1. The third kappa shape index (κ3) is 33.2. The van der Waals surface area contributed by atoms with Gasteiger partial charge in [-0.25, -0.2) is 9.74 Å². The average molecular weight is 762 g/mol. The van der Waals surface area contributed by atoms with Gasteiger partial charge in [-0.2, -0.15) is 0 Å². The number of Topliss-reactive ketones (excluding diaryl/α,β-unsaturated/α-hetero) is 1. The van der Waals surface area contributed by atoms with Crippen molar-refractivity contribution in [2.75, 3.05) is 71.7 Å². The van der Waals surface area contributed by atoms with E-state index in [1.54, 1.807) is 0 Å². The second kappa shape index (κ2) is 35.3. The molecule has 17 heteroatoms. The first-order valence-corrected chi connectivity index (χ1v) is 20.5. The number of ketones is 1. The summed E-state index contributed by atoms with van der Waals surface area (Å²) in [7, 11) is -1.48. The van der Waals surface area contributed by atoms with Gasteiger partial charge in [-0.15, -0.1) is 10.6 Å². The van der Waals surface area contributed by atoms with E-state index in [1.165, 1.54) is 77.6 Å². The monoisotopic (exact) mass is 761 g/mol. The highest BCUT2D eigenvalue weighted by Gasteiger charge is 2.09. The molecule has 1 aliphatic heterocycles. The Labute approximate surface area is 313 Å². The number of ether oxygens (including phenoxy) is 4. The van der Waals surface area contributed by atoms with Crippen molar-refractivity contribution in [1.82, 2.24) is 31.9 Å². The summed E-state index contributed by atoms with van der Waals surface area (Å²) in [6, 6.07) is 0. The van der Waals surface area contributed by atoms with Crippen molar-refractivity contribution in [2.45, 2.75) is 122 Å². The minimum Gasteiger partial charge on any atom is -0.377 e. The van der Waals surface area contributed by atoms with Crippen LogP contribution in [0.4, 0.5) is 0 Å². The van der Waals surface area contributed by atoms with Gasteiger partial charge in [0.1, 0.15) is 30.0 Å². The molecule has 0 aromatic rings. The zero-order valence-corrected chi connectivity index (χ0v) is 32.4. The fourth-order valence-corrected chi connectivity index (χ4v) is 5.98. The third-order valence-electron chi connectivity index (χ3n) is 7.90. The smallest absolute Gasteiger partial charge is 0.246 e. The van der Waals surface area contributed by atoms with Crippen LogP contribution in [0.1, 0.15) is 122 Å². The number of hydrogen-bond donors (Lipinski definition) is 6. The standard InChI is InChI=1S/C35H67N7O9S/c1-31(43)29-50-26-24-49-23-21-37-35(46)30-51-27-25-48-22-20-36-33(44)19-16-28-52(47)40-34(45)18-15-13-11-9-7-5-3-2-4-6-8-10-12-14-17-32-38-41-42-39-32/h41-42H,2-30H2,1H3,(H,36,44)(H,37,46)(H,38,39)(H,40,45). The third-order valence-corrected chi connectivity index (χ3v) is 9.02. The van der Waals surface area contributed by atoms with Gasteiger partial charge in [0.2, 0.25) is 17.7 Å². The fourth-order valence-electron chi connectivity index (χ4n) is 5.12. The van der Waals surface area contributed by atoms with E-state index >= 15 is 0 Å². The van der Waals surface area contributed by atoms with Crippen LogP contribution in [0.2, 0.25) is 0 Å². The molecule has 0 fully saturated rings. The van der Waals surface area contributed by atoms with Gasteiger partial charge in [-0.3, -0.25) is 29.3 Å². The van der Waals surface area contributed by atoms with Gasteiger partial charge >= 0.3 is 0 Å². The Hall–Kier alpha value is -2.70. The maximum atomic E-state index is 12.2. The van der Waals surface area contributed by atoms with Crippen LogP contribution < -0.4 is 31.9 Å². The highest BCUT2D eigenvalue weighted by molar-refractivity contribution is 7.83. The van der Waals surface area contributed by atoms with E-state index in [2.05, 4.69) is 37.0 Å². The number of nitrogens with one attached hydrogen (secondary N) is 6. The van der Waals surface area contributed by atoms with E-state index in [0.717, 1.165) is 31.5 Å². The lowest BCUT2D eigenvalue weighted by Crippen LogP contribution is -2.34. The lowest BCUT2D eigenvalue weighted by atomic mass is 10.0. The number of carbonyl (C=O) groups excluding carboxylic acids is 4. The van der Waals surface area contributed by atoms with Crippen molar-refractivity contribution in [3.05, 3.63) is 0 Å². The molecule has 302 valence electrons. The van der Waals surface area contributed by atoms with Gasteiger partial charge in [0, 0.05) is 38.1 Å². The predicted molar refractivity (Wildman–Crippen MR) is 201 cm³/mol. The molecule has 0 aromatic heterocycles. The minimum absolute atomic E-state index is 0.0427. The van der Waals surface area contributed by atoms with Crippen molar-refractivity contribution in [2.24, 2.45) is 5.10 Å². The first-order valence-electron chi connectivity index (χ1n) is 19.2. The van der Waals surface area contributed by atoms with Crippen LogP contribution in [-0.4, -0.2) is 105 Å². The first kappa shape index (κ1) is 47.3. The summed E-state index contributed by atoms with van der Waals surface area (Å²) in [5.74, 6) is 0.538. The highest BCUT2D eigenvalue weighted by atomic mass is 32.2. The van der Waals surface area contributed by atoms with Gasteiger partial charge in [-0.1, -0.05) is 77.0 Å². The van der Waals surface area contributed by atoms with E-state index in [9.17, 15) is 23.4 Å². The largest absolute Gasteiger partial charge is 0.377 e. The Morgan fingerprint density at radius 3 is 1.65 bits per heavy atom. The number of amidine groups is 1. The quantitative estimate of drug-likeness (QED) is 0.0503. The van der Waals surface area contributed by atoms with Crippen LogP contribution in [-0.2, 0) is 49.1 Å². The number of unbranched alkanes of at least 4 members (excludes halogenated alkanes) is 13. The zero-order chi connectivity index (χ0) is 37.7. The predicted octanol–water partition coefficient (Wildman–Crippen LogP) is 2.60. The van der Waals surface area contributed by atoms with Crippen LogP contribution >= 0.6 is 0 Å². The minimum atomic E-state index is -1.48. The molecule has 1 heterocycles. The molecule has 1 unspecified atom stereocenters. The molecule has 0 aromatic carbocycles. The van der Waals surface area contributed by atoms with Crippen LogP contribution in [0.3, 0.4) is 0 Å². The summed E-state index contributed by atoms with van der Waals surface area (Å²) in [5, 5.41) is 9.49. The van der Waals surface area contributed by atoms with Crippen molar-refractivity contribution in [1.29, 1.82) is 0 Å². The number of nitrogens with zero attached hydrogens (tertiary/aromatic N) is 1. The number of hydrazine groups is 2. The van der Waals surface area contributed by atoms with Gasteiger partial charge in [0.05, 0.1) is 39.6 Å². The lowest BCUT2D eigenvalue weighted by molar-refractivity contribution is -0.127. The van der Waals surface area contributed by atoms with Gasteiger partial charge in [0.15, 0.2) is 5.78 Å². The van der Waals surface area contributed by atoms with E-state index in [1.807, 2.05) is 0 Å². The zero-order valence-electron chi connectivity index (χ0n) is 31.5. The maximum Gasteiger partial charge on any atom is 0.246 e. The summed E-state index contributed by atoms with van der Waals surface area (Å²) >= 11 is 0. The Kier molecular flexibility index (Phi) is 32.2. The molecule has 0 spiro atoms. The van der Waals surface area contributed by atoms with Crippen molar-refractivity contribution >= 4 is 40.3 Å². The molecule has 1 rings (SSSR count). The molecular weight excluding hydrogens is 694 g/mol. The molecule has 0 saturated heterocycles. The van der Waals surface area contributed by atoms with Crippen molar-refractivity contribution in [3.8, 4) is 0 Å². The van der Waals surface area contributed by atoms with Gasteiger partial charge in [-0.05, 0) is 26.2 Å². The molecule has 3 amide bonds. The van der Waals surface area contributed by atoms with Crippen LogP contribution in [0.25, 0.3) is 0 Å². The molecule has 1 aliphatic rings. The average Bonchev–Trinajstić information content (AvgIpc) is 3.64. The molecule has 16 nitrogen and oxygen atoms in total. The molecule has 52 heavy (non-hydrogen) atoms. The highest BCUT2D eigenvalue weighted by Crippen LogP contribution is 2.14. The fraction of sp³-hybridized carbons (Fsp3) is 0.857. The molecule has 0 bridgehead atoms. The summed E-state index contributed by atoms with van der Waals surface area (Å²) in [4.78, 5) is 46.5. The number of hydrogen-bond acceptors (Lipinski definition) is 13. The Bertz CT molecular complexity index is 1010. The number of amides is 3. The summed E-state index contributed by atoms with van der Waals surface area (Å²) in [5.41, 5.74) is 8.42. The molecule has 1 atom stereocenters. The Morgan fingerprint density at radius 2 is 1.10 bits per heavy atom. The van der Waals surface area contributed by atoms with Crippen molar-refractivity contribution < 1.29 is 42.3 Å². The molecule has 0 radical (unpaired) electrons. The summed E-state index contributed by atoms with van der Waals surface area (Å²) in [6.07, 6.45) is 19.0. The van der Waals surface area contributed by atoms with Crippen LogP contribution in [0.15, 0.2) is 5.10 Å². The Balaban J connectivity index is 1.78. The van der Waals surface area contributed by atoms with E-state index in [0.29, 0.717) is 52.4 Å². The first-order chi connectivity index (χ1) is 25.4. The molecular formula is C35H67N7O9S. The summed E-state index contributed by atoms with van der Waals surface area (Å²) < 4.78 is 35.7. The normalized spacial score (nSPS) is 12.8. The molecule has 0 aliphatic carbocycles. The topological polar surface area (TPSA) is 207 Å². The molecule has 0 saturated carbocycles. The van der Waals surface area contributed by atoms with E-state index in [-0.39, 0.29) is 62.1 Å². The summed E-state index contributed by atoms with van der Waals surface area (Å²) in [6.45, 7) is 3.89. The molecule has 6 N–H and O–H groups in total. The SMILES string of the molecule is CC(=O)COCCOCCNC(=O)COCCOCCNC(=O)CCCS(=O)NC(=O)CCCCCCCCCCCCCCCCC1=NNNN1. The maximum absolute atomic E-state index is 12.2. The van der Waals surface area contributed by atoms with E-state index < -0.39 is 11.0 Å². The lowest BCUT2D eigenvalue weighted by Gasteiger charge is -2.09. The second-order valence-electron chi connectivity index (χ2n) is 12.8. The number of carbonyl (C=O) groups is 4. The number of rotatable bonds is 38.